The van der Waals surface area contributed by atoms with Crippen LogP contribution < -0.4 is 0 Å². The summed E-state index contributed by atoms with van der Waals surface area (Å²) in [6, 6.07) is 8.19. The molecule has 4 aromatic heterocycles. The topological polar surface area (TPSA) is 37.6 Å². The van der Waals surface area contributed by atoms with Gasteiger partial charge in [0.1, 0.15) is 0 Å². The normalized spacial score (nSPS) is 11.6. The van der Waals surface area contributed by atoms with Gasteiger partial charge in [-0.25, -0.2) is 4.98 Å². The number of thiazole rings is 1. The number of hydrogen-bond donors (Lipinski definition) is 0. The van der Waals surface area contributed by atoms with Gasteiger partial charge in [-0.2, -0.15) is 0 Å². The monoisotopic (exact) mass is 413 g/mol. The minimum absolute atomic E-state index is 0.0121. The minimum Gasteiger partial charge on any atom is -0.329 e. The van der Waals surface area contributed by atoms with E-state index in [-0.39, 0.29) is 5.91 Å². The maximum atomic E-state index is 13.0. The minimum atomic E-state index is 0.0121. The molecule has 0 spiro atoms. The Labute approximate surface area is 170 Å². The fourth-order valence-electron chi connectivity index (χ4n) is 2.93. The number of imidazole rings is 1. The van der Waals surface area contributed by atoms with Gasteiger partial charge in [0, 0.05) is 26.9 Å². The van der Waals surface area contributed by atoms with E-state index >= 15 is 0 Å². The first-order valence-corrected chi connectivity index (χ1v) is 11.1. The van der Waals surface area contributed by atoms with Gasteiger partial charge in [0.15, 0.2) is 4.96 Å². The second-order valence-corrected chi connectivity index (χ2v) is 9.54. The van der Waals surface area contributed by atoms with Crippen LogP contribution in [0.15, 0.2) is 47.3 Å². The molecule has 7 heteroatoms. The molecule has 27 heavy (non-hydrogen) atoms. The lowest BCUT2D eigenvalue weighted by molar-refractivity contribution is -0.127. The maximum absolute atomic E-state index is 13.0. The van der Waals surface area contributed by atoms with Crippen molar-refractivity contribution in [2.24, 2.45) is 0 Å². The van der Waals surface area contributed by atoms with Crippen LogP contribution in [0.4, 0.5) is 0 Å². The van der Waals surface area contributed by atoms with Gasteiger partial charge in [0.25, 0.3) is 0 Å². The number of aromatic nitrogens is 2. The summed E-state index contributed by atoms with van der Waals surface area (Å²) >= 11 is 5.01. The Bertz CT molecular complexity index is 1040. The van der Waals surface area contributed by atoms with Gasteiger partial charge in [-0.15, -0.1) is 34.0 Å². The van der Waals surface area contributed by atoms with E-state index in [1.165, 1.54) is 14.6 Å². The molecule has 1 amide bonds. The lowest BCUT2D eigenvalue weighted by Gasteiger charge is -2.19. The zero-order chi connectivity index (χ0) is 18.8. The smallest absolute Gasteiger partial charge is 0.247 e. The van der Waals surface area contributed by atoms with Gasteiger partial charge in [-0.1, -0.05) is 12.1 Å². The van der Waals surface area contributed by atoms with Crippen LogP contribution in [0.25, 0.3) is 11.0 Å². The van der Waals surface area contributed by atoms with E-state index in [0.29, 0.717) is 13.1 Å². The number of carbonyl (C=O) groups excluding carboxylic acids is 1. The summed E-state index contributed by atoms with van der Waals surface area (Å²) in [6.07, 6.45) is 5.63. The molecule has 0 bridgehead atoms. The number of aryl methyl sites for hydroxylation is 2. The van der Waals surface area contributed by atoms with Crippen LogP contribution in [0.5, 0.6) is 0 Å². The van der Waals surface area contributed by atoms with Crippen LogP contribution in [0.1, 0.15) is 26.0 Å². The summed E-state index contributed by atoms with van der Waals surface area (Å²) in [4.78, 5) is 24.0. The van der Waals surface area contributed by atoms with Crippen LogP contribution >= 0.6 is 34.0 Å². The van der Waals surface area contributed by atoms with Crippen molar-refractivity contribution in [1.29, 1.82) is 0 Å². The highest BCUT2D eigenvalue weighted by atomic mass is 32.1. The molecule has 0 saturated heterocycles. The Hall–Kier alpha value is -2.22. The first-order chi connectivity index (χ1) is 13.1. The van der Waals surface area contributed by atoms with Gasteiger partial charge >= 0.3 is 0 Å². The molecule has 0 aliphatic carbocycles. The first kappa shape index (κ1) is 18.2. The van der Waals surface area contributed by atoms with E-state index in [0.717, 1.165) is 16.3 Å². The molecule has 0 fully saturated rings. The van der Waals surface area contributed by atoms with Gasteiger partial charge in [0.2, 0.25) is 5.91 Å². The van der Waals surface area contributed by atoms with E-state index in [4.69, 9.17) is 0 Å². The van der Waals surface area contributed by atoms with Crippen molar-refractivity contribution in [2.45, 2.75) is 26.9 Å². The Morgan fingerprint density at radius 2 is 1.81 bits per heavy atom. The fraction of sp³-hybridized carbons (Fsp3) is 0.200. The Morgan fingerprint density at radius 1 is 1.15 bits per heavy atom. The molecule has 0 unspecified atom stereocenters. The number of amides is 1. The van der Waals surface area contributed by atoms with Gasteiger partial charge in [-0.05, 0) is 42.8 Å². The van der Waals surface area contributed by atoms with Crippen LogP contribution in [0, 0.1) is 13.8 Å². The Balaban J connectivity index is 1.58. The van der Waals surface area contributed by atoms with E-state index in [9.17, 15) is 4.79 Å². The zero-order valence-electron chi connectivity index (χ0n) is 15.1. The van der Waals surface area contributed by atoms with Crippen LogP contribution in [0.3, 0.4) is 0 Å². The fourth-order valence-corrected chi connectivity index (χ4v) is 5.25. The molecular formula is C20H19N3OS3. The average Bonchev–Trinajstić information content (AvgIpc) is 3.40. The molecule has 4 aromatic rings. The van der Waals surface area contributed by atoms with E-state index in [1.807, 2.05) is 40.8 Å². The predicted molar refractivity (Wildman–Crippen MR) is 114 cm³/mol. The van der Waals surface area contributed by atoms with E-state index in [1.54, 1.807) is 40.1 Å². The summed E-state index contributed by atoms with van der Waals surface area (Å²) < 4.78 is 2.06. The molecule has 4 heterocycles. The van der Waals surface area contributed by atoms with Gasteiger partial charge < -0.3 is 4.90 Å². The van der Waals surface area contributed by atoms with Gasteiger partial charge in [-0.3, -0.25) is 9.20 Å². The molecule has 0 N–H and O–H groups in total. The zero-order valence-corrected chi connectivity index (χ0v) is 17.5. The standard InChI is InChI=1S/C20H19N3OS3/c1-14-11-23-18(15(2)21-20(23)27-14)7-8-19(24)22(12-16-5-3-9-25-16)13-17-6-4-10-26-17/h3-11H,12-13H2,1-2H3/b8-7-. The molecule has 0 aromatic carbocycles. The molecular weight excluding hydrogens is 394 g/mol. The van der Waals surface area contributed by atoms with Crippen molar-refractivity contribution in [1.82, 2.24) is 14.3 Å². The van der Waals surface area contributed by atoms with Crippen LogP contribution in [-0.4, -0.2) is 20.2 Å². The van der Waals surface area contributed by atoms with Crippen LogP contribution in [-0.2, 0) is 17.9 Å². The summed E-state index contributed by atoms with van der Waals surface area (Å²) in [5, 5.41) is 4.09. The van der Waals surface area contributed by atoms with Gasteiger partial charge in [0.05, 0.1) is 24.5 Å². The number of rotatable bonds is 6. The van der Waals surface area contributed by atoms with E-state index < -0.39 is 0 Å². The Kier molecular flexibility index (Phi) is 5.24. The number of nitrogens with zero attached hydrogens (tertiary/aromatic N) is 3. The largest absolute Gasteiger partial charge is 0.329 e. The third-order valence-corrected chi connectivity index (χ3v) is 6.83. The number of hydrogen-bond acceptors (Lipinski definition) is 5. The lowest BCUT2D eigenvalue weighted by Crippen LogP contribution is -2.27. The Morgan fingerprint density at radius 3 is 2.41 bits per heavy atom. The molecule has 0 saturated carbocycles. The second-order valence-electron chi connectivity index (χ2n) is 6.26. The molecule has 0 aliphatic rings. The number of carbonyl (C=O) groups is 1. The maximum Gasteiger partial charge on any atom is 0.247 e. The molecule has 0 radical (unpaired) electrons. The number of thiophene rings is 2. The molecule has 138 valence electrons. The van der Waals surface area contributed by atoms with Crippen molar-refractivity contribution >= 4 is 51.0 Å². The third-order valence-electron chi connectivity index (χ3n) is 4.21. The van der Waals surface area contributed by atoms with Crippen LogP contribution in [0.2, 0.25) is 0 Å². The molecule has 0 atom stereocenters. The average molecular weight is 414 g/mol. The van der Waals surface area contributed by atoms with Crippen molar-refractivity contribution in [3.05, 3.63) is 73.3 Å². The first-order valence-electron chi connectivity index (χ1n) is 8.57. The summed E-state index contributed by atoms with van der Waals surface area (Å²) in [7, 11) is 0. The van der Waals surface area contributed by atoms with Crippen molar-refractivity contribution in [2.75, 3.05) is 0 Å². The third kappa shape index (κ3) is 4.05. The second kappa shape index (κ2) is 7.80. The van der Waals surface area contributed by atoms with Crippen molar-refractivity contribution in [3.8, 4) is 0 Å². The summed E-state index contributed by atoms with van der Waals surface area (Å²) in [5.74, 6) is 0.0121. The van der Waals surface area contributed by atoms with Crippen molar-refractivity contribution < 1.29 is 4.79 Å². The molecule has 0 aliphatic heterocycles. The lowest BCUT2D eigenvalue weighted by atomic mass is 10.3. The predicted octanol–water partition coefficient (Wildman–Crippen LogP) is 5.38. The van der Waals surface area contributed by atoms with E-state index in [2.05, 4.69) is 34.6 Å². The summed E-state index contributed by atoms with van der Waals surface area (Å²) in [5.41, 5.74) is 1.91. The van der Waals surface area contributed by atoms with Crippen molar-refractivity contribution in [3.63, 3.8) is 0 Å². The summed E-state index contributed by atoms with van der Waals surface area (Å²) in [6.45, 7) is 5.29. The highest BCUT2D eigenvalue weighted by Gasteiger charge is 2.15. The molecule has 4 nitrogen and oxygen atoms in total. The highest BCUT2D eigenvalue weighted by molar-refractivity contribution is 7.17. The highest BCUT2D eigenvalue weighted by Crippen LogP contribution is 2.22. The quantitative estimate of drug-likeness (QED) is 0.398. The molecule has 4 rings (SSSR count). The number of fused-ring (bicyclic) bond motifs is 1. The SMILES string of the molecule is Cc1cn2c(/C=C\C(=O)N(Cc3cccs3)Cc3cccs3)c(C)nc2s1.